The van der Waals surface area contributed by atoms with Crippen molar-refractivity contribution in [3.05, 3.63) is 70.9 Å². The van der Waals surface area contributed by atoms with Gasteiger partial charge in [0.2, 0.25) is 0 Å². The lowest BCUT2D eigenvalue weighted by Crippen LogP contribution is -2.33. The molecule has 3 aromatic rings. The highest BCUT2D eigenvalue weighted by atomic mass is 35.5. The average Bonchev–Trinajstić information content (AvgIpc) is 3.12. The average molecular weight is 371 g/mol. The maximum atomic E-state index is 12.2. The van der Waals surface area contributed by atoms with E-state index in [1.54, 1.807) is 30.3 Å². The molecule has 0 bridgehead atoms. The molecule has 1 unspecified atom stereocenters. The van der Waals surface area contributed by atoms with E-state index < -0.39 is 0 Å². The molecule has 1 N–H and O–H groups in total. The van der Waals surface area contributed by atoms with Crippen molar-refractivity contribution < 1.29 is 14.1 Å². The van der Waals surface area contributed by atoms with Gasteiger partial charge in [-0.2, -0.15) is 0 Å². The maximum absolute atomic E-state index is 12.2. The fourth-order valence-electron chi connectivity index (χ4n) is 2.35. The largest absolute Gasteiger partial charge is 0.489 e. The summed E-state index contributed by atoms with van der Waals surface area (Å²) < 4.78 is 11.0. The second-order valence-corrected chi connectivity index (χ2v) is 6.47. The number of nitrogens with one attached hydrogen (secondary N) is 1. The van der Waals surface area contributed by atoms with Crippen LogP contribution in [0.4, 0.5) is 0 Å². The summed E-state index contributed by atoms with van der Waals surface area (Å²) in [5.41, 5.74) is 2.27. The summed E-state index contributed by atoms with van der Waals surface area (Å²) in [6.45, 7) is 4.22. The first-order chi connectivity index (χ1) is 12.5. The van der Waals surface area contributed by atoms with E-state index in [2.05, 4.69) is 10.5 Å². The highest BCUT2D eigenvalue weighted by Gasteiger charge is 2.15. The zero-order chi connectivity index (χ0) is 18.5. The number of carbonyl (C=O) groups excluding carboxylic acids is 1. The SMILES string of the molecule is Cc1ccc(-c2cc(C(=O)NCC(C)Oc3ccc(Cl)cc3)no2)cc1. The van der Waals surface area contributed by atoms with Crippen molar-refractivity contribution in [1.29, 1.82) is 0 Å². The third-order valence-electron chi connectivity index (χ3n) is 3.78. The number of hydrogen-bond acceptors (Lipinski definition) is 4. The van der Waals surface area contributed by atoms with Crippen molar-refractivity contribution in [2.24, 2.45) is 0 Å². The Morgan fingerprint density at radius 1 is 1.19 bits per heavy atom. The Balaban J connectivity index is 1.55. The zero-order valence-corrected chi connectivity index (χ0v) is 15.3. The molecule has 0 radical (unpaired) electrons. The molecule has 0 fully saturated rings. The summed E-state index contributed by atoms with van der Waals surface area (Å²) in [4.78, 5) is 12.2. The van der Waals surface area contributed by atoms with Crippen LogP contribution in [0.2, 0.25) is 5.02 Å². The Bertz CT molecular complexity index is 873. The van der Waals surface area contributed by atoms with Crippen LogP contribution >= 0.6 is 11.6 Å². The molecule has 0 spiro atoms. The smallest absolute Gasteiger partial charge is 0.273 e. The molecule has 5 nitrogen and oxygen atoms in total. The number of carbonyl (C=O) groups is 1. The van der Waals surface area contributed by atoms with E-state index in [1.807, 2.05) is 38.1 Å². The Labute approximate surface area is 156 Å². The Morgan fingerprint density at radius 2 is 1.88 bits per heavy atom. The van der Waals surface area contributed by atoms with Crippen LogP contribution in [0.25, 0.3) is 11.3 Å². The summed E-state index contributed by atoms with van der Waals surface area (Å²) in [6.07, 6.45) is -0.205. The third-order valence-corrected chi connectivity index (χ3v) is 4.03. The van der Waals surface area contributed by atoms with Crippen molar-refractivity contribution >= 4 is 17.5 Å². The van der Waals surface area contributed by atoms with Gasteiger partial charge in [0, 0.05) is 16.7 Å². The van der Waals surface area contributed by atoms with Gasteiger partial charge < -0.3 is 14.6 Å². The van der Waals surface area contributed by atoms with Gasteiger partial charge in [-0.15, -0.1) is 0 Å². The monoisotopic (exact) mass is 370 g/mol. The van der Waals surface area contributed by atoms with Gasteiger partial charge in [-0.1, -0.05) is 46.6 Å². The minimum atomic E-state index is -0.307. The minimum Gasteiger partial charge on any atom is -0.489 e. The lowest BCUT2D eigenvalue weighted by Gasteiger charge is -2.15. The predicted octanol–water partition coefficient (Wildman–Crippen LogP) is 4.50. The molecule has 0 saturated heterocycles. The molecular formula is C20H19ClN2O3. The molecule has 3 rings (SSSR count). The first kappa shape index (κ1) is 18.0. The van der Waals surface area contributed by atoms with Gasteiger partial charge >= 0.3 is 0 Å². The van der Waals surface area contributed by atoms with Crippen LogP contribution in [0, 0.1) is 6.92 Å². The molecule has 1 heterocycles. The van der Waals surface area contributed by atoms with Gasteiger partial charge in [0.15, 0.2) is 11.5 Å². The number of amides is 1. The number of benzene rings is 2. The molecular weight excluding hydrogens is 352 g/mol. The summed E-state index contributed by atoms with van der Waals surface area (Å²) in [6, 6.07) is 16.5. The zero-order valence-electron chi connectivity index (χ0n) is 14.5. The van der Waals surface area contributed by atoms with Crippen LogP contribution in [0.3, 0.4) is 0 Å². The second kappa shape index (κ2) is 8.06. The number of rotatable bonds is 6. The molecule has 1 atom stereocenters. The predicted molar refractivity (Wildman–Crippen MR) is 101 cm³/mol. The molecule has 1 aromatic heterocycles. The minimum absolute atomic E-state index is 0.205. The van der Waals surface area contributed by atoms with Crippen molar-refractivity contribution in [2.45, 2.75) is 20.0 Å². The molecule has 0 aliphatic rings. The van der Waals surface area contributed by atoms with Crippen LogP contribution in [0.1, 0.15) is 23.0 Å². The van der Waals surface area contributed by atoms with Gasteiger partial charge in [0.25, 0.3) is 5.91 Å². The highest BCUT2D eigenvalue weighted by molar-refractivity contribution is 6.30. The van der Waals surface area contributed by atoms with Crippen LogP contribution in [-0.4, -0.2) is 23.7 Å². The van der Waals surface area contributed by atoms with Crippen molar-refractivity contribution in [3.8, 4) is 17.1 Å². The van der Waals surface area contributed by atoms with Crippen molar-refractivity contribution in [1.82, 2.24) is 10.5 Å². The summed E-state index contributed by atoms with van der Waals surface area (Å²) in [5, 5.41) is 7.28. The Hall–Kier alpha value is -2.79. The van der Waals surface area contributed by atoms with Crippen LogP contribution in [0.15, 0.2) is 59.1 Å². The van der Waals surface area contributed by atoms with Gasteiger partial charge in [0.05, 0.1) is 6.54 Å². The quantitative estimate of drug-likeness (QED) is 0.693. The number of nitrogens with zero attached hydrogens (tertiary/aromatic N) is 1. The van der Waals surface area contributed by atoms with Gasteiger partial charge in [-0.25, -0.2) is 0 Å². The van der Waals surface area contributed by atoms with Gasteiger partial charge in [-0.3, -0.25) is 4.79 Å². The van der Waals surface area contributed by atoms with Gasteiger partial charge in [0.1, 0.15) is 11.9 Å². The van der Waals surface area contributed by atoms with Gasteiger partial charge in [-0.05, 0) is 38.1 Å². The van der Waals surface area contributed by atoms with E-state index in [-0.39, 0.29) is 17.7 Å². The first-order valence-corrected chi connectivity index (χ1v) is 8.63. The van der Waals surface area contributed by atoms with E-state index in [9.17, 15) is 4.79 Å². The number of halogens is 1. The summed E-state index contributed by atoms with van der Waals surface area (Å²) in [5.74, 6) is 0.943. The maximum Gasteiger partial charge on any atom is 0.273 e. The Kier molecular flexibility index (Phi) is 5.58. The van der Waals surface area contributed by atoms with E-state index in [0.717, 1.165) is 11.1 Å². The molecule has 2 aromatic carbocycles. The van der Waals surface area contributed by atoms with Crippen molar-refractivity contribution in [3.63, 3.8) is 0 Å². The van der Waals surface area contributed by atoms with Crippen LogP contribution in [-0.2, 0) is 0 Å². The van der Waals surface area contributed by atoms with E-state index in [0.29, 0.717) is 23.1 Å². The summed E-state index contributed by atoms with van der Waals surface area (Å²) in [7, 11) is 0. The Morgan fingerprint density at radius 3 is 2.58 bits per heavy atom. The molecule has 0 saturated carbocycles. The van der Waals surface area contributed by atoms with Crippen molar-refractivity contribution in [2.75, 3.05) is 6.54 Å². The fourth-order valence-corrected chi connectivity index (χ4v) is 2.48. The standard InChI is InChI=1S/C20H19ClN2O3/c1-13-3-5-15(6-4-13)19-11-18(23-26-19)20(24)22-12-14(2)25-17-9-7-16(21)8-10-17/h3-11,14H,12H2,1-2H3,(H,22,24). The number of aryl methyl sites for hydroxylation is 1. The van der Waals surface area contributed by atoms with E-state index in [4.69, 9.17) is 20.9 Å². The molecule has 134 valence electrons. The number of ether oxygens (including phenoxy) is 1. The third kappa shape index (κ3) is 4.64. The molecule has 0 aliphatic heterocycles. The van der Waals surface area contributed by atoms with Crippen LogP contribution in [0.5, 0.6) is 5.75 Å². The number of hydrogen-bond donors (Lipinski definition) is 1. The number of aromatic nitrogens is 1. The molecule has 26 heavy (non-hydrogen) atoms. The lowest BCUT2D eigenvalue weighted by atomic mass is 10.1. The van der Waals surface area contributed by atoms with Crippen LogP contribution < -0.4 is 10.1 Å². The fraction of sp³-hybridized carbons (Fsp3) is 0.200. The normalized spacial score (nSPS) is 11.8. The highest BCUT2D eigenvalue weighted by Crippen LogP contribution is 2.21. The topological polar surface area (TPSA) is 64.4 Å². The molecule has 0 aliphatic carbocycles. The lowest BCUT2D eigenvalue weighted by molar-refractivity contribution is 0.0923. The van der Waals surface area contributed by atoms with E-state index in [1.165, 1.54) is 0 Å². The molecule has 1 amide bonds. The summed E-state index contributed by atoms with van der Waals surface area (Å²) >= 11 is 5.84. The molecule has 6 heteroatoms. The second-order valence-electron chi connectivity index (χ2n) is 6.03. The van der Waals surface area contributed by atoms with E-state index >= 15 is 0 Å². The first-order valence-electron chi connectivity index (χ1n) is 8.25.